The first-order valence-electron chi connectivity index (χ1n) is 5.32. The van der Waals surface area contributed by atoms with Crippen molar-refractivity contribution in [3.63, 3.8) is 0 Å². The average Bonchev–Trinajstić information content (AvgIpc) is 2.22. The number of aliphatic hydroxyl groups excluding tert-OH is 1. The van der Waals surface area contributed by atoms with E-state index < -0.39 is 0 Å². The van der Waals surface area contributed by atoms with E-state index in [-0.39, 0.29) is 12.5 Å². The molecule has 0 rings (SSSR count). The number of hydrogen-bond donors (Lipinski definition) is 2. The van der Waals surface area contributed by atoms with E-state index in [1.165, 1.54) is 0 Å². The van der Waals surface area contributed by atoms with Crippen LogP contribution in [-0.4, -0.2) is 54.4 Å². The second kappa shape index (κ2) is 9.03. The number of aliphatic hydroxyl groups is 1. The minimum Gasteiger partial charge on any atom is -0.394 e. The second-order valence-electron chi connectivity index (χ2n) is 3.53. The largest absolute Gasteiger partial charge is 0.394 e. The van der Waals surface area contributed by atoms with Gasteiger partial charge in [-0.2, -0.15) is 0 Å². The molecule has 15 heavy (non-hydrogen) atoms. The lowest BCUT2D eigenvalue weighted by Gasteiger charge is -2.23. The SMILES string of the molecule is CCN(CCOCCO)CC(C)C(N)=S. The fourth-order valence-corrected chi connectivity index (χ4v) is 1.29. The van der Waals surface area contributed by atoms with E-state index >= 15 is 0 Å². The van der Waals surface area contributed by atoms with Gasteiger partial charge in [0.2, 0.25) is 0 Å². The summed E-state index contributed by atoms with van der Waals surface area (Å²) in [7, 11) is 0. The highest BCUT2D eigenvalue weighted by Crippen LogP contribution is 2.00. The Morgan fingerprint density at radius 1 is 1.53 bits per heavy atom. The van der Waals surface area contributed by atoms with Gasteiger partial charge in [-0.05, 0) is 6.54 Å². The highest BCUT2D eigenvalue weighted by Gasteiger charge is 2.10. The van der Waals surface area contributed by atoms with Gasteiger partial charge in [-0.1, -0.05) is 26.1 Å². The van der Waals surface area contributed by atoms with Crippen LogP contribution in [-0.2, 0) is 4.74 Å². The lowest BCUT2D eigenvalue weighted by Crippen LogP contribution is -2.36. The van der Waals surface area contributed by atoms with Crippen LogP contribution in [0.15, 0.2) is 0 Å². The first-order chi connectivity index (χ1) is 7.11. The summed E-state index contributed by atoms with van der Waals surface area (Å²) in [6.45, 7) is 7.92. The summed E-state index contributed by atoms with van der Waals surface area (Å²) in [6, 6.07) is 0. The van der Waals surface area contributed by atoms with E-state index in [0.717, 1.165) is 19.6 Å². The van der Waals surface area contributed by atoms with Crippen molar-refractivity contribution >= 4 is 17.2 Å². The Balaban J connectivity index is 3.67. The Labute approximate surface area is 97.4 Å². The topological polar surface area (TPSA) is 58.7 Å². The van der Waals surface area contributed by atoms with Crippen LogP contribution >= 0.6 is 12.2 Å². The average molecular weight is 234 g/mol. The van der Waals surface area contributed by atoms with Crippen molar-refractivity contribution in [2.75, 3.05) is 39.5 Å². The Bertz CT molecular complexity index is 179. The summed E-state index contributed by atoms with van der Waals surface area (Å²) in [4.78, 5) is 2.80. The summed E-state index contributed by atoms with van der Waals surface area (Å²) in [5.74, 6) is 0.234. The van der Waals surface area contributed by atoms with E-state index in [1.807, 2.05) is 6.92 Å². The van der Waals surface area contributed by atoms with Gasteiger partial charge < -0.3 is 20.5 Å². The first-order valence-corrected chi connectivity index (χ1v) is 5.72. The number of ether oxygens (including phenoxy) is 1. The van der Waals surface area contributed by atoms with Crippen molar-refractivity contribution < 1.29 is 9.84 Å². The van der Waals surface area contributed by atoms with E-state index in [9.17, 15) is 0 Å². The normalized spacial score (nSPS) is 13.1. The maximum absolute atomic E-state index is 8.53. The summed E-state index contributed by atoms with van der Waals surface area (Å²) >= 11 is 4.93. The van der Waals surface area contributed by atoms with Crippen LogP contribution in [0, 0.1) is 5.92 Å². The third-order valence-electron chi connectivity index (χ3n) is 2.25. The van der Waals surface area contributed by atoms with Crippen LogP contribution < -0.4 is 5.73 Å². The molecule has 0 aliphatic carbocycles. The van der Waals surface area contributed by atoms with Crippen LogP contribution in [0.2, 0.25) is 0 Å². The molecule has 1 unspecified atom stereocenters. The molecule has 0 aliphatic heterocycles. The zero-order valence-corrected chi connectivity index (χ0v) is 10.4. The molecule has 0 aromatic rings. The quantitative estimate of drug-likeness (QED) is 0.442. The summed E-state index contributed by atoms with van der Waals surface area (Å²) in [6.07, 6.45) is 0. The van der Waals surface area contributed by atoms with Crippen molar-refractivity contribution in [3.05, 3.63) is 0 Å². The van der Waals surface area contributed by atoms with Gasteiger partial charge in [-0.25, -0.2) is 0 Å². The number of nitrogens with zero attached hydrogens (tertiary/aromatic N) is 1. The van der Waals surface area contributed by atoms with Gasteiger partial charge in [0.25, 0.3) is 0 Å². The molecule has 0 saturated carbocycles. The molecule has 0 fully saturated rings. The smallest absolute Gasteiger partial charge is 0.0768 e. The minimum absolute atomic E-state index is 0.0788. The standard InChI is InChI=1S/C10H22N2O2S/c1-3-12(4-6-14-7-5-13)8-9(2)10(11)15/h9,13H,3-8H2,1-2H3,(H2,11,15). The number of nitrogens with two attached hydrogens (primary N) is 1. The molecule has 0 aromatic carbocycles. The molecule has 0 saturated heterocycles. The predicted molar refractivity (Wildman–Crippen MR) is 66.0 cm³/mol. The molecule has 1 atom stereocenters. The van der Waals surface area contributed by atoms with E-state index in [0.29, 0.717) is 18.2 Å². The van der Waals surface area contributed by atoms with Crippen molar-refractivity contribution in [3.8, 4) is 0 Å². The maximum atomic E-state index is 8.53. The van der Waals surface area contributed by atoms with Gasteiger partial charge >= 0.3 is 0 Å². The Hall–Kier alpha value is -0.230. The number of rotatable bonds is 9. The van der Waals surface area contributed by atoms with Crippen LogP contribution in [0.4, 0.5) is 0 Å². The molecular weight excluding hydrogens is 212 g/mol. The van der Waals surface area contributed by atoms with Crippen molar-refractivity contribution in [1.29, 1.82) is 0 Å². The van der Waals surface area contributed by atoms with Gasteiger partial charge in [0.05, 0.1) is 24.8 Å². The molecule has 0 heterocycles. The molecule has 3 N–H and O–H groups in total. The summed E-state index contributed by atoms with van der Waals surface area (Å²) < 4.78 is 5.20. The van der Waals surface area contributed by atoms with Gasteiger partial charge in [0, 0.05) is 19.0 Å². The van der Waals surface area contributed by atoms with Gasteiger partial charge in [-0.3, -0.25) is 0 Å². The maximum Gasteiger partial charge on any atom is 0.0768 e. The minimum atomic E-state index is 0.0788. The Morgan fingerprint density at radius 2 is 2.20 bits per heavy atom. The van der Waals surface area contributed by atoms with Crippen molar-refractivity contribution in [2.45, 2.75) is 13.8 Å². The van der Waals surface area contributed by atoms with Crippen LogP contribution in [0.3, 0.4) is 0 Å². The second-order valence-corrected chi connectivity index (χ2v) is 4.00. The first kappa shape index (κ1) is 14.8. The van der Waals surface area contributed by atoms with Gasteiger partial charge in [0.15, 0.2) is 0 Å². The Kier molecular flexibility index (Phi) is 8.89. The van der Waals surface area contributed by atoms with E-state index in [4.69, 9.17) is 27.8 Å². The lowest BCUT2D eigenvalue weighted by atomic mass is 10.1. The van der Waals surface area contributed by atoms with Crippen LogP contribution in [0.1, 0.15) is 13.8 Å². The molecular formula is C10H22N2O2S. The molecule has 0 amide bonds. The Morgan fingerprint density at radius 3 is 2.67 bits per heavy atom. The molecule has 0 aliphatic rings. The highest BCUT2D eigenvalue weighted by atomic mass is 32.1. The molecule has 90 valence electrons. The fraction of sp³-hybridized carbons (Fsp3) is 0.900. The fourth-order valence-electron chi connectivity index (χ4n) is 1.22. The monoisotopic (exact) mass is 234 g/mol. The lowest BCUT2D eigenvalue weighted by molar-refractivity contribution is 0.0735. The molecule has 0 radical (unpaired) electrons. The molecule has 4 nitrogen and oxygen atoms in total. The van der Waals surface area contributed by atoms with Crippen LogP contribution in [0.5, 0.6) is 0 Å². The van der Waals surface area contributed by atoms with Crippen molar-refractivity contribution in [2.24, 2.45) is 11.7 Å². The summed E-state index contributed by atoms with van der Waals surface area (Å²) in [5, 5.41) is 8.53. The van der Waals surface area contributed by atoms with Crippen LogP contribution in [0.25, 0.3) is 0 Å². The molecule has 0 spiro atoms. The summed E-state index contributed by atoms with van der Waals surface area (Å²) in [5.41, 5.74) is 5.56. The molecule has 0 bridgehead atoms. The zero-order chi connectivity index (χ0) is 11.7. The van der Waals surface area contributed by atoms with E-state index in [1.54, 1.807) is 0 Å². The molecule has 5 heteroatoms. The third-order valence-corrected chi connectivity index (χ3v) is 2.65. The predicted octanol–water partition coefficient (Wildman–Crippen LogP) is 0.239. The zero-order valence-electron chi connectivity index (χ0n) is 9.61. The van der Waals surface area contributed by atoms with Gasteiger partial charge in [-0.15, -0.1) is 0 Å². The molecule has 0 aromatic heterocycles. The van der Waals surface area contributed by atoms with Crippen molar-refractivity contribution in [1.82, 2.24) is 4.90 Å². The number of hydrogen-bond acceptors (Lipinski definition) is 4. The third kappa shape index (κ3) is 7.67. The van der Waals surface area contributed by atoms with Gasteiger partial charge in [0.1, 0.15) is 0 Å². The highest BCUT2D eigenvalue weighted by molar-refractivity contribution is 7.80. The number of thiocarbonyl (C=S) groups is 1. The van der Waals surface area contributed by atoms with E-state index in [2.05, 4.69) is 11.8 Å². The number of likely N-dealkylation sites (N-methyl/N-ethyl adjacent to an activating group) is 1.